The first-order valence-electron chi connectivity index (χ1n) is 5.51. The van der Waals surface area contributed by atoms with E-state index in [1.54, 1.807) is 17.5 Å². The van der Waals surface area contributed by atoms with Crippen molar-refractivity contribution < 1.29 is 19.1 Å². The van der Waals surface area contributed by atoms with Gasteiger partial charge < -0.3 is 10.4 Å². The molecule has 0 saturated carbocycles. The third-order valence-electron chi connectivity index (χ3n) is 2.53. The van der Waals surface area contributed by atoms with Crippen molar-refractivity contribution in [3.63, 3.8) is 0 Å². The number of carboxylic acids is 1. The molecule has 0 aliphatic heterocycles. The summed E-state index contributed by atoms with van der Waals surface area (Å²) in [7, 11) is 0. The Labute approximate surface area is 126 Å². The van der Waals surface area contributed by atoms with Gasteiger partial charge in [-0.2, -0.15) is 0 Å². The van der Waals surface area contributed by atoms with Gasteiger partial charge in [-0.1, -0.05) is 6.07 Å². The molecule has 2 aromatic rings. The fourth-order valence-corrected chi connectivity index (χ4v) is 2.58. The van der Waals surface area contributed by atoms with Crippen LogP contribution in [0.15, 0.2) is 40.2 Å². The monoisotopic (exact) mass is 357 g/mol. The van der Waals surface area contributed by atoms with Crippen LogP contribution < -0.4 is 5.32 Å². The molecular formula is C13H9BrFNO3S. The molecule has 1 aromatic heterocycles. The predicted molar refractivity (Wildman–Crippen MR) is 76.3 cm³/mol. The van der Waals surface area contributed by atoms with Gasteiger partial charge >= 0.3 is 5.97 Å². The smallest absolute Gasteiger partial charge is 0.331 e. The number of nitrogens with one attached hydrogen (secondary N) is 1. The van der Waals surface area contributed by atoms with Crippen molar-refractivity contribution in [2.75, 3.05) is 0 Å². The predicted octanol–water partition coefficient (Wildman–Crippen LogP) is 3.21. The van der Waals surface area contributed by atoms with Gasteiger partial charge in [0.25, 0.3) is 5.91 Å². The Morgan fingerprint density at radius 1 is 1.35 bits per heavy atom. The molecule has 0 radical (unpaired) electrons. The normalized spacial score (nSPS) is 11.9. The molecule has 0 fully saturated rings. The summed E-state index contributed by atoms with van der Waals surface area (Å²) >= 11 is 4.21. The highest BCUT2D eigenvalue weighted by molar-refractivity contribution is 9.10. The lowest BCUT2D eigenvalue weighted by molar-refractivity contribution is -0.139. The van der Waals surface area contributed by atoms with Crippen molar-refractivity contribution in [2.24, 2.45) is 0 Å². The van der Waals surface area contributed by atoms with Gasteiger partial charge in [0.2, 0.25) is 0 Å². The Balaban J connectivity index is 2.20. The van der Waals surface area contributed by atoms with Gasteiger partial charge in [-0.15, -0.1) is 11.3 Å². The zero-order valence-electron chi connectivity index (χ0n) is 9.97. The first kappa shape index (κ1) is 14.7. The largest absolute Gasteiger partial charge is 0.479 e. The molecule has 0 saturated heterocycles. The minimum absolute atomic E-state index is 0.0634. The van der Waals surface area contributed by atoms with E-state index in [0.717, 1.165) is 6.07 Å². The molecule has 2 rings (SSSR count). The molecule has 104 valence electrons. The Hall–Kier alpha value is -1.73. The van der Waals surface area contributed by atoms with Crippen LogP contribution >= 0.6 is 27.3 Å². The van der Waals surface area contributed by atoms with Crippen LogP contribution in [0.25, 0.3) is 0 Å². The maximum Gasteiger partial charge on any atom is 0.331 e. The van der Waals surface area contributed by atoms with E-state index in [4.69, 9.17) is 5.11 Å². The van der Waals surface area contributed by atoms with Crippen LogP contribution in [0.4, 0.5) is 4.39 Å². The van der Waals surface area contributed by atoms with E-state index in [-0.39, 0.29) is 10.0 Å². The Morgan fingerprint density at radius 3 is 2.65 bits per heavy atom. The molecule has 20 heavy (non-hydrogen) atoms. The number of rotatable bonds is 4. The van der Waals surface area contributed by atoms with Crippen molar-refractivity contribution in [3.8, 4) is 0 Å². The van der Waals surface area contributed by atoms with Crippen molar-refractivity contribution in [1.82, 2.24) is 5.32 Å². The van der Waals surface area contributed by atoms with Gasteiger partial charge in [-0.25, -0.2) is 9.18 Å². The summed E-state index contributed by atoms with van der Waals surface area (Å²) in [6.45, 7) is 0. The zero-order chi connectivity index (χ0) is 14.7. The lowest BCUT2D eigenvalue weighted by atomic mass is 10.1. The molecule has 0 aliphatic carbocycles. The van der Waals surface area contributed by atoms with E-state index < -0.39 is 23.7 Å². The second kappa shape index (κ2) is 6.15. The molecule has 2 N–H and O–H groups in total. The quantitative estimate of drug-likeness (QED) is 0.882. The van der Waals surface area contributed by atoms with Gasteiger partial charge in [0, 0.05) is 10.4 Å². The van der Waals surface area contributed by atoms with Crippen LogP contribution in [0.2, 0.25) is 0 Å². The highest BCUT2D eigenvalue weighted by atomic mass is 79.9. The standard InChI is InChI=1S/C13H9BrFNO3S/c14-8-4-3-7(6-9(8)15)12(17)16-11(13(18)19)10-2-1-5-20-10/h1-6,11H,(H,16,17)(H,18,19). The number of amides is 1. The second-order valence-corrected chi connectivity index (χ2v) is 5.72. The molecule has 4 nitrogen and oxygen atoms in total. The Morgan fingerprint density at radius 2 is 2.10 bits per heavy atom. The highest BCUT2D eigenvalue weighted by Crippen LogP contribution is 2.21. The van der Waals surface area contributed by atoms with E-state index in [0.29, 0.717) is 4.88 Å². The van der Waals surface area contributed by atoms with Gasteiger partial charge in [0.15, 0.2) is 6.04 Å². The fraction of sp³-hybridized carbons (Fsp3) is 0.0769. The third-order valence-corrected chi connectivity index (χ3v) is 4.11. The summed E-state index contributed by atoms with van der Waals surface area (Å²) in [4.78, 5) is 23.7. The molecule has 1 aromatic carbocycles. The maximum absolute atomic E-state index is 13.4. The van der Waals surface area contributed by atoms with Crippen LogP contribution in [-0.2, 0) is 4.79 Å². The highest BCUT2D eigenvalue weighted by Gasteiger charge is 2.23. The maximum atomic E-state index is 13.4. The van der Waals surface area contributed by atoms with Crippen LogP contribution in [0, 0.1) is 5.82 Å². The molecular weight excluding hydrogens is 349 g/mol. The lowest BCUT2D eigenvalue weighted by Crippen LogP contribution is -2.33. The van der Waals surface area contributed by atoms with E-state index in [1.165, 1.54) is 23.5 Å². The van der Waals surface area contributed by atoms with Crippen LogP contribution in [0.3, 0.4) is 0 Å². The average Bonchev–Trinajstić information content (AvgIpc) is 2.92. The van der Waals surface area contributed by atoms with Crippen molar-refractivity contribution in [2.45, 2.75) is 6.04 Å². The van der Waals surface area contributed by atoms with E-state index in [2.05, 4.69) is 21.2 Å². The Bertz CT molecular complexity index is 645. The van der Waals surface area contributed by atoms with E-state index in [1.807, 2.05) is 0 Å². The van der Waals surface area contributed by atoms with Crippen molar-refractivity contribution >= 4 is 39.1 Å². The van der Waals surface area contributed by atoms with Gasteiger partial charge in [0.05, 0.1) is 4.47 Å². The Kier molecular flexibility index (Phi) is 4.51. The number of carbonyl (C=O) groups is 2. The molecule has 1 heterocycles. The molecule has 0 spiro atoms. The number of thiophene rings is 1. The number of carbonyl (C=O) groups excluding carboxylic acids is 1. The molecule has 7 heteroatoms. The number of aliphatic carboxylic acids is 1. The average molecular weight is 358 g/mol. The summed E-state index contributed by atoms with van der Waals surface area (Å²) < 4.78 is 13.6. The number of benzene rings is 1. The SMILES string of the molecule is O=C(NC(C(=O)O)c1cccs1)c1ccc(Br)c(F)c1. The van der Waals surface area contributed by atoms with Gasteiger partial charge in [-0.05, 0) is 45.6 Å². The minimum Gasteiger partial charge on any atom is -0.479 e. The molecule has 1 amide bonds. The van der Waals surface area contributed by atoms with E-state index in [9.17, 15) is 14.0 Å². The first-order chi connectivity index (χ1) is 9.49. The van der Waals surface area contributed by atoms with Gasteiger partial charge in [-0.3, -0.25) is 4.79 Å². The van der Waals surface area contributed by atoms with Crippen LogP contribution in [0.1, 0.15) is 21.3 Å². The summed E-state index contributed by atoms with van der Waals surface area (Å²) in [5, 5.41) is 13.2. The topological polar surface area (TPSA) is 66.4 Å². The summed E-state index contributed by atoms with van der Waals surface area (Å²) in [6, 6.07) is 6.02. The van der Waals surface area contributed by atoms with Crippen LogP contribution in [0.5, 0.6) is 0 Å². The summed E-state index contributed by atoms with van der Waals surface area (Å²) in [5.74, 6) is -2.39. The molecule has 1 unspecified atom stereocenters. The number of halogens is 2. The lowest BCUT2D eigenvalue weighted by Gasteiger charge is -2.13. The minimum atomic E-state index is -1.17. The van der Waals surface area contributed by atoms with Crippen molar-refractivity contribution in [1.29, 1.82) is 0 Å². The number of hydrogen-bond acceptors (Lipinski definition) is 3. The molecule has 0 bridgehead atoms. The molecule has 1 atom stereocenters. The number of hydrogen-bond donors (Lipinski definition) is 2. The van der Waals surface area contributed by atoms with Crippen LogP contribution in [-0.4, -0.2) is 17.0 Å². The van der Waals surface area contributed by atoms with Gasteiger partial charge in [0.1, 0.15) is 5.82 Å². The zero-order valence-corrected chi connectivity index (χ0v) is 12.4. The second-order valence-electron chi connectivity index (χ2n) is 3.89. The van der Waals surface area contributed by atoms with E-state index >= 15 is 0 Å². The molecule has 0 aliphatic rings. The fourth-order valence-electron chi connectivity index (χ4n) is 1.56. The number of carboxylic acid groups (broad SMARTS) is 1. The third kappa shape index (κ3) is 3.23. The van der Waals surface area contributed by atoms with Crippen molar-refractivity contribution in [3.05, 3.63) is 56.4 Å². The first-order valence-corrected chi connectivity index (χ1v) is 7.18. The summed E-state index contributed by atoms with van der Waals surface area (Å²) in [6.07, 6.45) is 0. The summed E-state index contributed by atoms with van der Waals surface area (Å²) in [5.41, 5.74) is 0.0634.